The molecule has 0 spiro atoms. The van der Waals surface area contributed by atoms with Gasteiger partial charge in [0.1, 0.15) is 5.82 Å². The van der Waals surface area contributed by atoms with E-state index in [0.717, 1.165) is 5.92 Å². The standard InChI is InChI=1S/C16H25N3/c1-11(2)14-7-12(3)8-16(17-14)19-6-5-13-9-18(4)10-15(13)19/h7-8,11,13,15H,5-6,9-10H2,1-4H3/t13?,15-/m1/s1. The highest BCUT2D eigenvalue weighted by Gasteiger charge is 2.40. The number of hydrogen-bond donors (Lipinski definition) is 0. The maximum Gasteiger partial charge on any atom is 0.129 e. The van der Waals surface area contributed by atoms with Crippen LogP contribution < -0.4 is 4.90 Å². The Bertz CT molecular complexity index is 469. The fourth-order valence-electron chi connectivity index (χ4n) is 3.58. The van der Waals surface area contributed by atoms with E-state index in [1.54, 1.807) is 0 Å². The van der Waals surface area contributed by atoms with Crippen LogP contribution in [0.1, 0.15) is 37.4 Å². The van der Waals surface area contributed by atoms with E-state index in [0.29, 0.717) is 12.0 Å². The van der Waals surface area contributed by atoms with Crippen LogP contribution in [0.4, 0.5) is 5.82 Å². The second-order valence-corrected chi connectivity index (χ2v) is 6.61. The van der Waals surface area contributed by atoms with Crippen molar-refractivity contribution in [2.75, 3.05) is 31.6 Å². The van der Waals surface area contributed by atoms with E-state index >= 15 is 0 Å². The molecule has 0 amide bonds. The van der Waals surface area contributed by atoms with Gasteiger partial charge in [0.15, 0.2) is 0 Å². The Morgan fingerprint density at radius 1 is 1.26 bits per heavy atom. The Kier molecular flexibility index (Phi) is 3.25. The minimum atomic E-state index is 0.503. The maximum absolute atomic E-state index is 4.91. The summed E-state index contributed by atoms with van der Waals surface area (Å²) in [7, 11) is 2.24. The first-order chi connectivity index (χ1) is 9.04. The van der Waals surface area contributed by atoms with E-state index in [1.165, 1.54) is 43.1 Å². The lowest BCUT2D eigenvalue weighted by molar-refractivity contribution is 0.386. The van der Waals surface area contributed by atoms with Gasteiger partial charge in [-0.05, 0) is 49.9 Å². The Hall–Kier alpha value is -1.09. The van der Waals surface area contributed by atoms with Crippen LogP contribution >= 0.6 is 0 Å². The molecule has 3 heteroatoms. The van der Waals surface area contributed by atoms with Crippen molar-refractivity contribution >= 4 is 5.82 Å². The van der Waals surface area contributed by atoms with Crippen molar-refractivity contribution < 1.29 is 0 Å². The number of hydrogen-bond acceptors (Lipinski definition) is 3. The first kappa shape index (κ1) is 12.9. The summed E-state index contributed by atoms with van der Waals surface area (Å²) in [6, 6.07) is 5.16. The van der Waals surface area contributed by atoms with Gasteiger partial charge in [-0.1, -0.05) is 13.8 Å². The summed E-state index contributed by atoms with van der Waals surface area (Å²) >= 11 is 0. The average molecular weight is 259 g/mol. The number of likely N-dealkylation sites (tertiary alicyclic amines) is 1. The minimum absolute atomic E-state index is 0.503. The van der Waals surface area contributed by atoms with Gasteiger partial charge in [0, 0.05) is 31.4 Å². The van der Waals surface area contributed by atoms with Gasteiger partial charge in [-0.3, -0.25) is 0 Å². The minimum Gasteiger partial charge on any atom is -0.352 e. The van der Waals surface area contributed by atoms with Crippen LogP contribution in [0.5, 0.6) is 0 Å². The van der Waals surface area contributed by atoms with Crippen molar-refractivity contribution in [3.63, 3.8) is 0 Å². The normalized spacial score (nSPS) is 27.3. The van der Waals surface area contributed by atoms with Crippen molar-refractivity contribution in [3.8, 4) is 0 Å². The Morgan fingerprint density at radius 2 is 2.05 bits per heavy atom. The largest absolute Gasteiger partial charge is 0.352 e. The zero-order chi connectivity index (χ0) is 13.6. The van der Waals surface area contributed by atoms with Gasteiger partial charge < -0.3 is 9.80 Å². The van der Waals surface area contributed by atoms with Crippen molar-refractivity contribution in [1.29, 1.82) is 0 Å². The number of rotatable bonds is 2. The summed E-state index contributed by atoms with van der Waals surface area (Å²) in [5.74, 6) is 2.55. The molecule has 2 aliphatic rings. The number of nitrogens with zero attached hydrogens (tertiary/aromatic N) is 3. The van der Waals surface area contributed by atoms with Crippen LogP contribution in [0.25, 0.3) is 0 Å². The molecular weight excluding hydrogens is 234 g/mol. The molecule has 0 radical (unpaired) electrons. The van der Waals surface area contributed by atoms with E-state index in [1.807, 2.05) is 0 Å². The first-order valence-corrected chi connectivity index (χ1v) is 7.48. The van der Waals surface area contributed by atoms with Gasteiger partial charge >= 0.3 is 0 Å². The molecule has 0 saturated carbocycles. The highest BCUT2D eigenvalue weighted by atomic mass is 15.3. The predicted molar refractivity (Wildman–Crippen MR) is 79.8 cm³/mol. The molecule has 1 unspecified atom stereocenters. The van der Waals surface area contributed by atoms with Crippen molar-refractivity contribution in [1.82, 2.24) is 9.88 Å². The lowest BCUT2D eigenvalue weighted by Gasteiger charge is -2.26. The molecule has 0 bridgehead atoms. The molecule has 2 saturated heterocycles. The average Bonchev–Trinajstić information content (AvgIpc) is 2.86. The Morgan fingerprint density at radius 3 is 2.79 bits per heavy atom. The molecule has 104 valence electrons. The van der Waals surface area contributed by atoms with Crippen molar-refractivity contribution in [2.45, 2.75) is 39.2 Å². The van der Waals surface area contributed by atoms with Crippen molar-refractivity contribution in [2.24, 2.45) is 5.92 Å². The van der Waals surface area contributed by atoms with Crippen LogP contribution in [0.2, 0.25) is 0 Å². The third-order valence-corrected chi connectivity index (χ3v) is 4.59. The van der Waals surface area contributed by atoms with E-state index < -0.39 is 0 Å². The molecule has 19 heavy (non-hydrogen) atoms. The SMILES string of the molecule is Cc1cc(C(C)C)nc(N2CCC3CN(C)C[C@H]32)c1. The number of aryl methyl sites for hydroxylation is 1. The van der Waals surface area contributed by atoms with Crippen LogP contribution in [0.15, 0.2) is 12.1 Å². The fraction of sp³-hybridized carbons (Fsp3) is 0.688. The molecule has 1 aromatic rings. The predicted octanol–water partition coefficient (Wildman–Crippen LogP) is 2.65. The lowest BCUT2D eigenvalue weighted by atomic mass is 10.0. The zero-order valence-electron chi connectivity index (χ0n) is 12.6. The molecular formula is C16H25N3. The third-order valence-electron chi connectivity index (χ3n) is 4.59. The van der Waals surface area contributed by atoms with Gasteiger partial charge in [0.2, 0.25) is 0 Å². The number of fused-ring (bicyclic) bond motifs is 1. The van der Waals surface area contributed by atoms with Crippen LogP contribution in [-0.4, -0.2) is 42.6 Å². The Labute approximate surface area is 116 Å². The molecule has 2 atom stereocenters. The maximum atomic E-state index is 4.91. The Balaban J connectivity index is 1.90. The van der Waals surface area contributed by atoms with Gasteiger partial charge in [-0.2, -0.15) is 0 Å². The fourth-order valence-corrected chi connectivity index (χ4v) is 3.58. The highest BCUT2D eigenvalue weighted by molar-refractivity contribution is 5.46. The van der Waals surface area contributed by atoms with E-state index in [4.69, 9.17) is 4.98 Å². The van der Waals surface area contributed by atoms with Gasteiger partial charge in [0.05, 0.1) is 0 Å². The molecule has 0 aliphatic carbocycles. The van der Waals surface area contributed by atoms with Gasteiger partial charge in [-0.25, -0.2) is 4.98 Å². The summed E-state index contributed by atoms with van der Waals surface area (Å²) in [6.45, 7) is 10.3. The van der Waals surface area contributed by atoms with Gasteiger partial charge in [-0.15, -0.1) is 0 Å². The second kappa shape index (κ2) is 4.78. The quantitative estimate of drug-likeness (QED) is 0.814. The van der Waals surface area contributed by atoms with Crippen LogP contribution in [0, 0.1) is 12.8 Å². The lowest BCUT2D eigenvalue weighted by Crippen LogP contribution is -2.35. The zero-order valence-corrected chi connectivity index (χ0v) is 12.6. The number of anilines is 1. The first-order valence-electron chi connectivity index (χ1n) is 7.48. The number of likely N-dealkylation sites (N-methyl/N-ethyl adjacent to an activating group) is 1. The molecule has 2 fully saturated rings. The molecule has 0 N–H and O–H groups in total. The summed E-state index contributed by atoms with van der Waals surface area (Å²) in [6.07, 6.45) is 1.32. The van der Waals surface area contributed by atoms with Crippen LogP contribution in [0.3, 0.4) is 0 Å². The van der Waals surface area contributed by atoms with Crippen molar-refractivity contribution in [3.05, 3.63) is 23.4 Å². The molecule has 3 rings (SSSR count). The monoisotopic (exact) mass is 259 g/mol. The highest BCUT2D eigenvalue weighted by Crippen LogP contribution is 2.34. The summed E-state index contributed by atoms with van der Waals surface area (Å²) in [5.41, 5.74) is 2.56. The third kappa shape index (κ3) is 2.36. The second-order valence-electron chi connectivity index (χ2n) is 6.61. The summed E-state index contributed by atoms with van der Waals surface area (Å²) in [5, 5.41) is 0. The van der Waals surface area contributed by atoms with E-state index in [9.17, 15) is 0 Å². The molecule has 0 aromatic carbocycles. The van der Waals surface area contributed by atoms with E-state index in [-0.39, 0.29) is 0 Å². The van der Waals surface area contributed by atoms with Crippen LogP contribution in [-0.2, 0) is 0 Å². The summed E-state index contributed by atoms with van der Waals surface area (Å²) < 4.78 is 0. The molecule has 1 aromatic heterocycles. The smallest absolute Gasteiger partial charge is 0.129 e. The van der Waals surface area contributed by atoms with E-state index in [2.05, 4.69) is 49.8 Å². The molecule has 3 heterocycles. The number of aromatic nitrogens is 1. The number of pyridine rings is 1. The summed E-state index contributed by atoms with van der Waals surface area (Å²) in [4.78, 5) is 9.92. The topological polar surface area (TPSA) is 19.4 Å². The molecule has 3 nitrogen and oxygen atoms in total. The molecule has 2 aliphatic heterocycles. The van der Waals surface area contributed by atoms with Gasteiger partial charge in [0.25, 0.3) is 0 Å².